The fourth-order valence-corrected chi connectivity index (χ4v) is 1.06. The smallest absolute Gasteiger partial charge is 0.326 e. The van der Waals surface area contributed by atoms with Gasteiger partial charge in [-0.1, -0.05) is 13.3 Å². The Balaban J connectivity index is 4.05. The van der Waals surface area contributed by atoms with E-state index in [9.17, 15) is 9.59 Å². The molecule has 0 bridgehead atoms. The Labute approximate surface area is 96.2 Å². The molecule has 1 amide bonds. The molecule has 1 atom stereocenters. The summed E-state index contributed by atoms with van der Waals surface area (Å²) >= 11 is 0. The fourth-order valence-electron chi connectivity index (χ4n) is 1.06. The second-order valence-corrected chi connectivity index (χ2v) is 4.65. The van der Waals surface area contributed by atoms with E-state index in [4.69, 9.17) is 9.84 Å². The lowest BCUT2D eigenvalue weighted by atomic mass is 10.1. The second-order valence-electron chi connectivity index (χ2n) is 4.65. The molecule has 16 heavy (non-hydrogen) atoms. The van der Waals surface area contributed by atoms with Crippen LogP contribution in [0, 0.1) is 0 Å². The lowest BCUT2D eigenvalue weighted by molar-refractivity contribution is -0.143. The Morgan fingerprint density at radius 1 is 1.38 bits per heavy atom. The Kier molecular flexibility index (Phi) is 6.03. The van der Waals surface area contributed by atoms with Gasteiger partial charge in [-0.05, 0) is 27.2 Å². The molecular weight excluding hydrogens is 210 g/mol. The molecule has 0 fully saturated rings. The molecule has 0 aromatic heterocycles. The maximum Gasteiger partial charge on any atom is 0.326 e. The molecule has 0 heterocycles. The standard InChI is InChI=1S/C11H21NO4/c1-5-6-8(10(14)15)12-9(13)7-16-11(2,3)4/h8H,5-7H2,1-4H3,(H,12,13)(H,14,15)/t8-/m1/s1. The van der Waals surface area contributed by atoms with Gasteiger partial charge in [0.1, 0.15) is 12.6 Å². The van der Waals surface area contributed by atoms with Gasteiger partial charge < -0.3 is 15.2 Å². The molecular formula is C11H21NO4. The van der Waals surface area contributed by atoms with Crippen molar-refractivity contribution >= 4 is 11.9 Å². The van der Waals surface area contributed by atoms with Crippen molar-refractivity contribution < 1.29 is 19.4 Å². The monoisotopic (exact) mass is 231 g/mol. The average molecular weight is 231 g/mol. The van der Waals surface area contributed by atoms with Crippen LogP contribution in [0.2, 0.25) is 0 Å². The minimum absolute atomic E-state index is 0.114. The largest absolute Gasteiger partial charge is 0.480 e. The number of carboxylic acid groups (broad SMARTS) is 1. The van der Waals surface area contributed by atoms with E-state index in [-0.39, 0.29) is 6.61 Å². The lowest BCUT2D eigenvalue weighted by Crippen LogP contribution is -2.43. The molecule has 2 N–H and O–H groups in total. The van der Waals surface area contributed by atoms with Crippen LogP contribution in [0.25, 0.3) is 0 Å². The lowest BCUT2D eigenvalue weighted by Gasteiger charge is -2.20. The third kappa shape index (κ3) is 7.23. The number of ether oxygens (including phenoxy) is 1. The minimum atomic E-state index is -1.01. The highest BCUT2D eigenvalue weighted by Gasteiger charge is 2.20. The molecule has 0 aliphatic heterocycles. The van der Waals surface area contributed by atoms with E-state index in [1.165, 1.54) is 0 Å². The Bertz CT molecular complexity index is 245. The Morgan fingerprint density at radius 3 is 2.31 bits per heavy atom. The van der Waals surface area contributed by atoms with Crippen molar-refractivity contribution in [2.24, 2.45) is 0 Å². The van der Waals surface area contributed by atoms with E-state index < -0.39 is 23.5 Å². The van der Waals surface area contributed by atoms with Gasteiger partial charge in [-0.25, -0.2) is 4.79 Å². The van der Waals surface area contributed by atoms with Crippen LogP contribution in [-0.4, -0.2) is 35.2 Å². The molecule has 0 unspecified atom stereocenters. The summed E-state index contributed by atoms with van der Waals surface area (Å²) in [6.45, 7) is 7.26. The number of carbonyl (C=O) groups excluding carboxylic acids is 1. The van der Waals surface area contributed by atoms with Crippen LogP contribution in [-0.2, 0) is 14.3 Å². The maximum atomic E-state index is 11.4. The van der Waals surface area contributed by atoms with Gasteiger partial charge in [0.05, 0.1) is 5.60 Å². The molecule has 0 rings (SSSR count). The first-order valence-corrected chi connectivity index (χ1v) is 5.42. The van der Waals surface area contributed by atoms with Gasteiger partial charge >= 0.3 is 5.97 Å². The third-order valence-electron chi connectivity index (χ3n) is 1.85. The van der Waals surface area contributed by atoms with Crippen LogP contribution in [0.4, 0.5) is 0 Å². The van der Waals surface area contributed by atoms with E-state index >= 15 is 0 Å². The highest BCUT2D eigenvalue weighted by atomic mass is 16.5. The summed E-state index contributed by atoms with van der Waals surface area (Å²) in [5, 5.41) is 11.3. The summed E-state index contributed by atoms with van der Waals surface area (Å²) in [7, 11) is 0. The summed E-state index contributed by atoms with van der Waals surface area (Å²) in [5.74, 6) is -1.40. The highest BCUT2D eigenvalue weighted by Crippen LogP contribution is 2.06. The predicted molar refractivity (Wildman–Crippen MR) is 60.2 cm³/mol. The van der Waals surface area contributed by atoms with Crippen molar-refractivity contribution in [2.75, 3.05) is 6.61 Å². The first-order valence-electron chi connectivity index (χ1n) is 5.42. The van der Waals surface area contributed by atoms with Crippen LogP contribution in [0.5, 0.6) is 0 Å². The molecule has 0 saturated carbocycles. The number of hydrogen-bond donors (Lipinski definition) is 2. The fraction of sp³-hybridized carbons (Fsp3) is 0.818. The molecule has 0 radical (unpaired) electrons. The third-order valence-corrected chi connectivity index (χ3v) is 1.85. The Morgan fingerprint density at radius 2 is 1.94 bits per heavy atom. The first kappa shape index (κ1) is 14.9. The van der Waals surface area contributed by atoms with Crippen molar-refractivity contribution in [3.63, 3.8) is 0 Å². The minimum Gasteiger partial charge on any atom is -0.480 e. The molecule has 0 saturated heterocycles. The molecule has 0 aromatic carbocycles. The normalized spacial score (nSPS) is 13.2. The molecule has 0 spiro atoms. The van der Waals surface area contributed by atoms with E-state index in [0.717, 1.165) is 0 Å². The zero-order chi connectivity index (χ0) is 12.8. The van der Waals surface area contributed by atoms with Crippen LogP contribution in [0.3, 0.4) is 0 Å². The number of hydrogen-bond acceptors (Lipinski definition) is 3. The molecule has 0 aromatic rings. The zero-order valence-electron chi connectivity index (χ0n) is 10.4. The number of carboxylic acids is 1. The van der Waals surface area contributed by atoms with Crippen LogP contribution in [0.1, 0.15) is 40.5 Å². The summed E-state index contributed by atoms with van der Waals surface area (Å²) in [4.78, 5) is 22.2. The van der Waals surface area contributed by atoms with Crippen LogP contribution >= 0.6 is 0 Å². The first-order chi connectivity index (χ1) is 7.26. The van der Waals surface area contributed by atoms with Gasteiger partial charge in [-0.15, -0.1) is 0 Å². The summed E-state index contributed by atoms with van der Waals surface area (Å²) in [5.41, 5.74) is -0.402. The number of aliphatic carboxylic acids is 1. The molecule has 94 valence electrons. The maximum absolute atomic E-state index is 11.4. The van der Waals surface area contributed by atoms with E-state index in [1.807, 2.05) is 27.7 Å². The van der Waals surface area contributed by atoms with Crippen molar-refractivity contribution in [1.82, 2.24) is 5.32 Å². The molecule has 5 nitrogen and oxygen atoms in total. The van der Waals surface area contributed by atoms with E-state index in [1.54, 1.807) is 0 Å². The van der Waals surface area contributed by atoms with Gasteiger partial charge in [0, 0.05) is 0 Å². The van der Waals surface area contributed by atoms with Gasteiger partial charge in [-0.3, -0.25) is 4.79 Å². The van der Waals surface area contributed by atoms with Gasteiger partial charge in [-0.2, -0.15) is 0 Å². The van der Waals surface area contributed by atoms with Crippen molar-refractivity contribution in [3.8, 4) is 0 Å². The van der Waals surface area contributed by atoms with Crippen LogP contribution in [0.15, 0.2) is 0 Å². The second kappa shape index (κ2) is 6.48. The zero-order valence-corrected chi connectivity index (χ0v) is 10.4. The van der Waals surface area contributed by atoms with Crippen molar-refractivity contribution in [1.29, 1.82) is 0 Å². The topological polar surface area (TPSA) is 75.6 Å². The number of amides is 1. The molecule has 5 heteroatoms. The Hall–Kier alpha value is -1.10. The number of carbonyl (C=O) groups is 2. The van der Waals surface area contributed by atoms with Crippen molar-refractivity contribution in [3.05, 3.63) is 0 Å². The van der Waals surface area contributed by atoms with Crippen LogP contribution < -0.4 is 5.32 Å². The summed E-state index contributed by atoms with van der Waals surface area (Å²) in [6, 6.07) is -0.818. The molecule has 0 aliphatic carbocycles. The highest BCUT2D eigenvalue weighted by molar-refractivity contribution is 5.84. The number of rotatable bonds is 6. The average Bonchev–Trinajstić information content (AvgIpc) is 2.13. The van der Waals surface area contributed by atoms with Crippen molar-refractivity contribution in [2.45, 2.75) is 52.2 Å². The SMILES string of the molecule is CCC[C@@H](NC(=O)COC(C)(C)C)C(=O)O. The van der Waals surface area contributed by atoms with E-state index in [2.05, 4.69) is 5.32 Å². The van der Waals surface area contributed by atoms with Gasteiger partial charge in [0.15, 0.2) is 0 Å². The van der Waals surface area contributed by atoms with Gasteiger partial charge in [0.25, 0.3) is 0 Å². The van der Waals surface area contributed by atoms with Gasteiger partial charge in [0.2, 0.25) is 5.91 Å². The van der Waals surface area contributed by atoms with E-state index in [0.29, 0.717) is 12.8 Å². The summed E-state index contributed by atoms with van der Waals surface area (Å²) in [6.07, 6.45) is 1.13. The predicted octanol–water partition coefficient (Wildman–Crippen LogP) is 1.17. The number of nitrogens with one attached hydrogen (secondary N) is 1. The quantitative estimate of drug-likeness (QED) is 0.719. The molecule has 0 aliphatic rings. The summed E-state index contributed by atoms with van der Waals surface area (Å²) < 4.78 is 5.24.